The van der Waals surface area contributed by atoms with E-state index in [9.17, 15) is 10.6 Å². The van der Waals surface area contributed by atoms with Gasteiger partial charge in [0.1, 0.15) is 23.7 Å². The van der Waals surface area contributed by atoms with Crippen molar-refractivity contribution in [1.29, 1.82) is 0 Å². The molecule has 1 aliphatic heterocycles. The van der Waals surface area contributed by atoms with E-state index in [0.717, 1.165) is 33.7 Å². The molecule has 3 aromatic rings. The van der Waals surface area contributed by atoms with Crippen molar-refractivity contribution in [2.24, 2.45) is 5.11 Å². The van der Waals surface area contributed by atoms with E-state index in [2.05, 4.69) is 86.3 Å². The maximum Gasteiger partial charge on any atom is 0.261 e. The van der Waals surface area contributed by atoms with Crippen LogP contribution in [0, 0.1) is 6.92 Å². The van der Waals surface area contributed by atoms with E-state index >= 15 is 0 Å². The third-order valence-electron chi connectivity index (χ3n) is 7.79. The Morgan fingerprint density at radius 1 is 0.976 bits per heavy atom. The molecular formula is C33H43N3O4SSi. The number of hydrogen-bond donors (Lipinski definition) is 1. The van der Waals surface area contributed by atoms with Crippen molar-refractivity contribution >= 4 is 30.5 Å². The molecule has 42 heavy (non-hydrogen) atoms. The van der Waals surface area contributed by atoms with E-state index in [0.29, 0.717) is 6.61 Å². The molecule has 0 aliphatic carbocycles. The molecule has 0 radical (unpaired) electrons. The Hall–Kier alpha value is -2.62. The highest BCUT2D eigenvalue weighted by Gasteiger charge is 2.52. The highest BCUT2D eigenvalue weighted by molar-refractivity contribution is 7.99. The maximum absolute atomic E-state index is 11.7. The van der Waals surface area contributed by atoms with E-state index < -0.39 is 38.1 Å². The Labute approximate surface area is 255 Å². The first-order valence-electron chi connectivity index (χ1n) is 14.7. The summed E-state index contributed by atoms with van der Waals surface area (Å²) in [6, 6.07) is 28.3. The molecule has 0 amide bonds. The lowest BCUT2D eigenvalue weighted by Crippen LogP contribution is -2.68. The van der Waals surface area contributed by atoms with Crippen molar-refractivity contribution in [3.8, 4) is 0 Å². The summed E-state index contributed by atoms with van der Waals surface area (Å²) in [6.45, 7) is 11.4. The average molecular weight is 606 g/mol. The monoisotopic (exact) mass is 605 g/mol. The van der Waals surface area contributed by atoms with Gasteiger partial charge < -0.3 is 19.0 Å². The van der Waals surface area contributed by atoms with E-state index in [1.807, 2.05) is 43.3 Å². The van der Waals surface area contributed by atoms with Gasteiger partial charge in [0, 0.05) is 16.4 Å². The number of aliphatic hydroxyl groups is 1. The van der Waals surface area contributed by atoms with Crippen LogP contribution in [0.4, 0.5) is 0 Å². The average Bonchev–Trinajstić information content (AvgIpc) is 2.98. The molecule has 224 valence electrons. The number of aryl methyl sites for hydroxylation is 1. The van der Waals surface area contributed by atoms with Crippen molar-refractivity contribution in [3.05, 3.63) is 101 Å². The van der Waals surface area contributed by atoms with Crippen molar-refractivity contribution in [3.63, 3.8) is 0 Å². The highest BCUT2D eigenvalue weighted by atomic mass is 32.2. The van der Waals surface area contributed by atoms with Gasteiger partial charge in [-0.05, 0) is 46.4 Å². The Morgan fingerprint density at radius 2 is 1.57 bits per heavy atom. The molecule has 0 bridgehead atoms. The number of hydrogen-bond acceptors (Lipinski definition) is 6. The van der Waals surface area contributed by atoms with Gasteiger partial charge in [-0.25, -0.2) is 0 Å². The number of benzene rings is 3. The standard InChI is InChI=1S/C33H43N3O4SSi/c1-6-7-22-38-31-29(35-36-34)32(41-25-20-18-24(2)19-21-25)40-28(30(31)37)23-39-42(33(3,4)5,26-14-10-8-11-15-26)27-16-12-9-13-17-27/h8-21,28-32,37H,6-7,22-23H2,1-5H3/t28?,29?,30-,31-,32-/m1/s1. The lowest BCUT2D eigenvalue weighted by molar-refractivity contribution is -0.180. The molecule has 0 spiro atoms. The van der Waals surface area contributed by atoms with Gasteiger partial charge in [0.15, 0.2) is 0 Å². The smallest absolute Gasteiger partial charge is 0.261 e. The maximum atomic E-state index is 11.7. The van der Waals surface area contributed by atoms with Gasteiger partial charge in [-0.3, -0.25) is 0 Å². The molecular weight excluding hydrogens is 563 g/mol. The van der Waals surface area contributed by atoms with Crippen LogP contribution in [-0.2, 0) is 13.9 Å². The molecule has 4 rings (SSSR count). The van der Waals surface area contributed by atoms with Crippen LogP contribution in [0.25, 0.3) is 10.4 Å². The second-order valence-electron chi connectivity index (χ2n) is 11.8. The zero-order chi connectivity index (χ0) is 30.2. The SMILES string of the molecule is CCCCO[C@@H]1C(N=[N+]=[N-])[C@@H](Sc2ccc(C)cc2)OC(CO[Si](c2ccccc2)(c2ccccc2)C(C)(C)C)[C@H]1O. The molecule has 0 saturated carbocycles. The predicted octanol–water partition coefficient (Wildman–Crippen LogP) is 6.61. The number of azide groups is 1. The third-order valence-corrected chi connectivity index (χ3v) is 14.0. The summed E-state index contributed by atoms with van der Waals surface area (Å²) in [7, 11) is -2.87. The van der Waals surface area contributed by atoms with Crippen molar-refractivity contribution in [1.82, 2.24) is 0 Å². The van der Waals surface area contributed by atoms with Gasteiger partial charge in [-0.15, -0.1) is 0 Å². The molecule has 1 fully saturated rings. The third kappa shape index (κ3) is 7.29. The molecule has 3 aromatic carbocycles. The molecule has 5 atom stereocenters. The molecule has 2 unspecified atom stereocenters. The Bertz CT molecular complexity index is 1260. The fourth-order valence-electron chi connectivity index (χ4n) is 5.60. The zero-order valence-corrected chi connectivity index (χ0v) is 27.0. The summed E-state index contributed by atoms with van der Waals surface area (Å²) in [5.41, 5.74) is 10.1. The van der Waals surface area contributed by atoms with Crippen LogP contribution in [0.1, 0.15) is 46.1 Å². The van der Waals surface area contributed by atoms with Gasteiger partial charge in [0.2, 0.25) is 0 Å². The lowest BCUT2D eigenvalue weighted by atomic mass is 9.98. The first kappa shape index (κ1) is 32.3. The number of unbranched alkanes of at least 4 members (excludes halogenated alkanes) is 1. The summed E-state index contributed by atoms with van der Waals surface area (Å²) < 4.78 is 20.0. The molecule has 1 heterocycles. The fourth-order valence-corrected chi connectivity index (χ4v) is 11.3. The van der Waals surface area contributed by atoms with Gasteiger partial charge in [0.05, 0.1) is 12.7 Å². The van der Waals surface area contributed by atoms with Crippen LogP contribution in [0.5, 0.6) is 0 Å². The predicted molar refractivity (Wildman–Crippen MR) is 173 cm³/mol. The van der Waals surface area contributed by atoms with Crippen LogP contribution < -0.4 is 10.4 Å². The Kier molecular flexibility index (Phi) is 11.3. The number of ether oxygens (including phenoxy) is 2. The summed E-state index contributed by atoms with van der Waals surface area (Å²) >= 11 is 1.48. The summed E-state index contributed by atoms with van der Waals surface area (Å²) in [4.78, 5) is 4.10. The molecule has 1 aliphatic rings. The van der Waals surface area contributed by atoms with E-state index in [1.54, 1.807) is 0 Å². The van der Waals surface area contributed by atoms with Gasteiger partial charge in [-0.1, -0.05) is 129 Å². The minimum absolute atomic E-state index is 0.163. The van der Waals surface area contributed by atoms with Gasteiger partial charge >= 0.3 is 0 Å². The second-order valence-corrected chi connectivity index (χ2v) is 17.3. The molecule has 1 N–H and O–H groups in total. The van der Waals surface area contributed by atoms with Crippen molar-refractivity contribution < 1.29 is 19.0 Å². The van der Waals surface area contributed by atoms with Crippen LogP contribution >= 0.6 is 11.8 Å². The fraction of sp³-hybridized carbons (Fsp3) is 0.455. The van der Waals surface area contributed by atoms with Crippen LogP contribution in [-0.4, -0.2) is 56.4 Å². The summed E-state index contributed by atoms with van der Waals surface area (Å²) in [5, 5.41) is 17.8. The first-order chi connectivity index (χ1) is 20.2. The van der Waals surface area contributed by atoms with Gasteiger partial charge in [0.25, 0.3) is 8.32 Å². The molecule has 0 aromatic heterocycles. The van der Waals surface area contributed by atoms with Crippen LogP contribution in [0.2, 0.25) is 5.04 Å². The largest absolute Gasteiger partial charge is 0.405 e. The van der Waals surface area contributed by atoms with Crippen molar-refractivity contribution in [2.75, 3.05) is 13.2 Å². The topological polar surface area (TPSA) is 96.7 Å². The second kappa shape index (κ2) is 14.7. The quantitative estimate of drug-likeness (QED) is 0.0824. The normalized spacial score (nSPS) is 22.9. The number of aliphatic hydroxyl groups excluding tert-OH is 1. The first-order valence-corrected chi connectivity index (χ1v) is 17.5. The Morgan fingerprint density at radius 3 is 2.10 bits per heavy atom. The Balaban J connectivity index is 1.71. The lowest BCUT2D eigenvalue weighted by Gasteiger charge is -2.46. The number of nitrogens with zero attached hydrogens (tertiary/aromatic N) is 3. The minimum atomic E-state index is -2.87. The van der Waals surface area contributed by atoms with E-state index in [4.69, 9.17) is 13.9 Å². The van der Waals surface area contributed by atoms with Crippen molar-refractivity contribution in [2.45, 2.75) is 87.2 Å². The van der Waals surface area contributed by atoms with Crippen LogP contribution in [0.3, 0.4) is 0 Å². The minimum Gasteiger partial charge on any atom is -0.405 e. The molecule has 9 heteroatoms. The molecule has 7 nitrogen and oxygen atoms in total. The van der Waals surface area contributed by atoms with E-state index in [-0.39, 0.29) is 11.6 Å². The summed E-state index contributed by atoms with van der Waals surface area (Å²) in [6.07, 6.45) is -0.659. The number of rotatable bonds is 12. The zero-order valence-electron chi connectivity index (χ0n) is 25.2. The van der Waals surface area contributed by atoms with Crippen LogP contribution in [0.15, 0.2) is 94.9 Å². The summed E-state index contributed by atoms with van der Waals surface area (Å²) in [5.74, 6) is 0. The molecule has 1 saturated heterocycles. The van der Waals surface area contributed by atoms with Gasteiger partial charge in [-0.2, -0.15) is 0 Å². The number of thioether (sulfide) groups is 1. The highest BCUT2D eigenvalue weighted by Crippen LogP contribution is 2.39. The van der Waals surface area contributed by atoms with E-state index in [1.165, 1.54) is 11.8 Å².